The summed E-state index contributed by atoms with van der Waals surface area (Å²) in [6.45, 7) is 4.77. The van der Waals surface area contributed by atoms with Gasteiger partial charge in [0.2, 0.25) is 5.91 Å². The van der Waals surface area contributed by atoms with Crippen LogP contribution in [0.4, 0.5) is 18.9 Å². The van der Waals surface area contributed by atoms with Crippen molar-refractivity contribution in [3.8, 4) is 5.75 Å². The number of amides is 1. The van der Waals surface area contributed by atoms with Gasteiger partial charge in [0, 0.05) is 18.8 Å². The van der Waals surface area contributed by atoms with Crippen molar-refractivity contribution in [2.75, 3.05) is 44.8 Å². The third kappa shape index (κ3) is 8.15. The predicted octanol–water partition coefficient (Wildman–Crippen LogP) is 3.42. The summed E-state index contributed by atoms with van der Waals surface area (Å²) >= 11 is 5.05. The van der Waals surface area contributed by atoms with E-state index >= 15 is 0 Å². The number of ether oxygens (including phenoxy) is 2. The summed E-state index contributed by atoms with van der Waals surface area (Å²) in [7, 11) is 0. The number of hydrogen-bond donors (Lipinski definition) is 2. The second kappa shape index (κ2) is 11.3. The van der Waals surface area contributed by atoms with Crippen molar-refractivity contribution in [3.63, 3.8) is 0 Å². The van der Waals surface area contributed by atoms with Crippen LogP contribution in [0, 0.1) is 0 Å². The molecule has 1 amide bonds. The fourth-order valence-corrected chi connectivity index (χ4v) is 3.01. The van der Waals surface area contributed by atoms with Crippen LogP contribution in [0.3, 0.4) is 0 Å². The number of rotatable bonds is 8. The van der Waals surface area contributed by atoms with E-state index in [0.717, 1.165) is 18.9 Å². The first-order valence-corrected chi connectivity index (χ1v) is 9.95. The van der Waals surface area contributed by atoms with E-state index in [1.54, 1.807) is 0 Å². The molecule has 6 nitrogen and oxygen atoms in total. The van der Waals surface area contributed by atoms with Crippen molar-refractivity contribution in [2.24, 2.45) is 0 Å². The average molecular weight is 433 g/mol. The molecule has 162 valence electrons. The number of carbonyl (C=O) groups excluding carboxylic acids is 1. The van der Waals surface area contributed by atoms with E-state index < -0.39 is 11.7 Å². The van der Waals surface area contributed by atoms with Crippen molar-refractivity contribution < 1.29 is 27.4 Å². The predicted molar refractivity (Wildman–Crippen MR) is 108 cm³/mol. The van der Waals surface area contributed by atoms with Gasteiger partial charge < -0.3 is 20.1 Å². The Balaban J connectivity index is 1.94. The molecule has 0 bridgehead atoms. The summed E-state index contributed by atoms with van der Waals surface area (Å²) in [5.41, 5.74) is -0.767. The molecule has 0 saturated carbocycles. The van der Waals surface area contributed by atoms with Crippen molar-refractivity contribution >= 4 is 28.9 Å². The normalized spacial score (nSPS) is 15.0. The van der Waals surface area contributed by atoms with Gasteiger partial charge in [0.1, 0.15) is 5.75 Å². The zero-order valence-corrected chi connectivity index (χ0v) is 17.1. The summed E-state index contributed by atoms with van der Waals surface area (Å²) in [6.07, 6.45) is -2.04. The zero-order valence-electron chi connectivity index (χ0n) is 16.3. The van der Waals surface area contributed by atoms with Crippen molar-refractivity contribution in [1.82, 2.24) is 10.2 Å². The lowest BCUT2D eigenvalue weighted by Gasteiger charge is -2.25. The molecular weight excluding hydrogens is 407 g/mol. The average Bonchev–Trinajstić information content (AvgIpc) is 2.66. The molecular formula is C19H26F3N3O3S. The van der Waals surface area contributed by atoms with Gasteiger partial charge in [-0.3, -0.25) is 9.69 Å². The fraction of sp³-hybridized carbons (Fsp3) is 0.579. The molecule has 1 aromatic rings. The van der Waals surface area contributed by atoms with Gasteiger partial charge in [-0.1, -0.05) is 19.8 Å². The van der Waals surface area contributed by atoms with Gasteiger partial charge in [-0.05, 0) is 36.8 Å². The van der Waals surface area contributed by atoms with Crippen LogP contribution in [0.2, 0.25) is 0 Å². The SMILES string of the molecule is CCCCCOc1ccc(NC(=S)NC(=O)CN2CCOCC2)cc1C(F)(F)F. The second-order valence-electron chi connectivity index (χ2n) is 6.66. The lowest BCUT2D eigenvalue weighted by molar-refractivity contribution is -0.139. The number of thiocarbonyl (C=S) groups is 1. The van der Waals surface area contributed by atoms with Crippen LogP contribution in [-0.4, -0.2) is 55.4 Å². The van der Waals surface area contributed by atoms with Gasteiger partial charge in [0.15, 0.2) is 5.11 Å². The monoisotopic (exact) mass is 433 g/mol. The molecule has 1 fully saturated rings. The number of benzene rings is 1. The van der Waals surface area contributed by atoms with Gasteiger partial charge >= 0.3 is 6.18 Å². The van der Waals surface area contributed by atoms with Crippen molar-refractivity contribution in [2.45, 2.75) is 32.4 Å². The van der Waals surface area contributed by atoms with Gasteiger partial charge in [-0.25, -0.2) is 0 Å². The molecule has 10 heteroatoms. The van der Waals surface area contributed by atoms with Crippen LogP contribution >= 0.6 is 12.2 Å². The molecule has 1 heterocycles. The Morgan fingerprint density at radius 1 is 1.28 bits per heavy atom. The number of nitrogens with one attached hydrogen (secondary N) is 2. The van der Waals surface area contributed by atoms with Gasteiger partial charge in [-0.15, -0.1) is 0 Å². The molecule has 0 aromatic heterocycles. The number of morpholine rings is 1. The Hall–Kier alpha value is -1.91. The van der Waals surface area contributed by atoms with Crippen LogP contribution in [0.5, 0.6) is 5.75 Å². The molecule has 0 radical (unpaired) electrons. The molecule has 2 N–H and O–H groups in total. The summed E-state index contributed by atoms with van der Waals surface area (Å²) in [5, 5.41) is 5.05. The highest BCUT2D eigenvalue weighted by atomic mass is 32.1. The fourth-order valence-electron chi connectivity index (χ4n) is 2.78. The van der Waals surface area contributed by atoms with Crippen molar-refractivity contribution in [3.05, 3.63) is 23.8 Å². The van der Waals surface area contributed by atoms with E-state index in [1.165, 1.54) is 12.1 Å². The number of unbranched alkanes of at least 4 members (excludes halogenated alkanes) is 2. The van der Waals surface area contributed by atoms with Gasteiger partial charge in [-0.2, -0.15) is 13.2 Å². The maximum Gasteiger partial charge on any atom is 0.420 e. The molecule has 0 unspecified atom stereocenters. The van der Waals surface area contributed by atoms with Gasteiger partial charge in [0.05, 0.1) is 31.9 Å². The first kappa shape index (κ1) is 23.4. The Morgan fingerprint density at radius 3 is 2.66 bits per heavy atom. The van der Waals surface area contributed by atoms with Crippen LogP contribution in [0.1, 0.15) is 31.7 Å². The molecule has 29 heavy (non-hydrogen) atoms. The highest BCUT2D eigenvalue weighted by Gasteiger charge is 2.34. The Kier molecular flexibility index (Phi) is 9.12. The third-order valence-electron chi connectivity index (χ3n) is 4.27. The highest BCUT2D eigenvalue weighted by molar-refractivity contribution is 7.80. The van der Waals surface area contributed by atoms with E-state index in [0.29, 0.717) is 32.7 Å². The Labute approximate surface area is 173 Å². The number of alkyl halides is 3. The topological polar surface area (TPSA) is 62.8 Å². The first-order valence-electron chi connectivity index (χ1n) is 9.54. The summed E-state index contributed by atoms with van der Waals surface area (Å²) in [5.74, 6) is -0.558. The van der Waals surface area contributed by atoms with Crippen LogP contribution < -0.4 is 15.4 Å². The summed E-state index contributed by atoms with van der Waals surface area (Å²) in [4.78, 5) is 14.0. The number of hydrogen-bond acceptors (Lipinski definition) is 5. The maximum atomic E-state index is 13.4. The zero-order chi connectivity index (χ0) is 21.3. The molecule has 1 saturated heterocycles. The minimum atomic E-state index is -4.57. The van der Waals surface area contributed by atoms with Crippen molar-refractivity contribution in [1.29, 1.82) is 0 Å². The van der Waals surface area contributed by atoms with Crippen LogP contribution in [0.15, 0.2) is 18.2 Å². The molecule has 0 aliphatic carbocycles. The van der Waals surface area contributed by atoms with E-state index in [-0.39, 0.29) is 35.6 Å². The molecule has 0 spiro atoms. The first-order chi connectivity index (χ1) is 13.8. The quantitative estimate of drug-likeness (QED) is 0.484. The van der Waals surface area contributed by atoms with E-state index in [1.807, 2.05) is 11.8 Å². The molecule has 1 aromatic carbocycles. The Bertz CT molecular complexity index is 695. The molecule has 0 atom stereocenters. The lowest BCUT2D eigenvalue weighted by Crippen LogP contribution is -2.45. The number of halogens is 3. The highest BCUT2D eigenvalue weighted by Crippen LogP contribution is 2.38. The van der Waals surface area contributed by atoms with E-state index in [9.17, 15) is 18.0 Å². The second-order valence-corrected chi connectivity index (χ2v) is 7.06. The number of anilines is 1. The number of nitrogens with zero attached hydrogens (tertiary/aromatic N) is 1. The largest absolute Gasteiger partial charge is 0.493 e. The third-order valence-corrected chi connectivity index (χ3v) is 4.48. The van der Waals surface area contributed by atoms with E-state index in [4.69, 9.17) is 21.7 Å². The molecule has 1 aliphatic heterocycles. The molecule has 1 aliphatic rings. The maximum absolute atomic E-state index is 13.4. The molecule has 2 rings (SSSR count). The van der Waals surface area contributed by atoms with Crippen LogP contribution in [-0.2, 0) is 15.7 Å². The Morgan fingerprint density at radius 2 is 2.00 bits per heavy atom. The van der Waals surface area contributed by atoms with Gasteiger partial charge in [0.25, 0.3) is 0 Å². The lowest BCUT2D eigenvalue weighted by atomic mass is 10.1. The minimum Gasteiger partial charge on any atom is -0.493 e. The van der Waals surface area contributed by atoms with E-state index in [2.05, 4.69) is 10.6 Å². The summed E-state index contributed by atoms with van der Waals surface area (Å²) < 4.78 is 50.7. The minimum absolute atomic E-state index is 0.0620. The standard InChI is InChI=1S/C19H26F3N3O3S/c1-2-3-4-9-28-16-6-5-14(12-15(16)19(20,21)22)23-18(29)24-17(26)13-25-7-10-27-11-8-25/h5-6,12H,2-4,7-11,13H2,1H3,(H2,23,24,26,29). The smallest absolute Gasteiger partial charge is 0.420 e. The van der Waals surface area contributed by atoms with Crippen LogP contribution in [0.25, 0.3) is 0 Å². The summed E-state index contributed by atoms with van der Waals surface area (Å²) in [6, 6.07) is 3.62. The number of carbonyl (C=O) groups is 1.